The summed E-state index contributed by atoms with van der Waals surface area (Å²) < 4.78 is 5.78. The number of ether oxygens (including phenoxy) is 1. The van der Waals surface area contributed by atoms with Crippen LogP contribution in [-0.2, 0) is 6.42 Å². The molecule has 4 rings (SSSR count). The molecular formula is C14H18N2O. The topological polar surface area (TPSA) is 33.3 Å². The molecule has 3 aliphatic rings. The predicted molar refractivity (Wildman–Crippen MR) is 67.6 cm³/mol. The van der Waals surface area contributed by atoms with Gasteiger partial charge in [-0.1, -0.05) is 0 Å². The minimum atomic E-state index is 0.117. The molecule has 0 amide bonds. The van der Waals surface area contributed by atoms with Gasteiger partial charge in [0, 0.05) is 6.54 Å². The molecule has 3 nitrogen and oxygen atoms in total. The molecule has 17 heavy (non-hydrogen) atoms. The Kier molecular flexibility index (Phi) is 1.95. The minimum absolute atomic E-state index is 0.117. The van der Waals surface area contributed by atoms with Gasteiger partial charge >= 0.3 is 0 Å². The second kappa shape index (κ2) is 3.39. The first-order valence-electron chi connectivity index (χ1n) is 6.60. The van der Waals surface area contributed by atoms with Crippen molar-refractivity contribution >= 4 is 5.69 Å². The molecule has 2 aliphatic heterocycles. The second-order valence-corrected chi connectivity index (χ2v) is 5.61. The van der Waals surface area contributed by atoms with E-state index in [4.69, 9.17) is 4.74 Å². The molecule has 1 saturated heterocycles. The first kappa shape index (κ1) is 9.77. The van der Waals surface area contributed by atoms with Gasteiger partial charge in [0.1, 0.15) is 5.75 Å². The lowest BCUT2D eigenvalue weighted by molar-refractivity contribution is 0.273. The number of piperidine rings is 1. The quantitative estimate of drug-likeness (QED) is 0.716. The van der Waals surface area contributed by atoms with Gasteiger partial charge in [-0.2, -0.15) is 0 Å². The lowest BCUT2D eigenvalue weighted by Crippen LogP contribution is -2.39. The van der Waals surface area contributed by atoms with Crippen LogP contribution in [0.2, 0.25) is 0 Å². The fourth-order valence-corrected chi connectivity index (χ4v) is 3.58. The molecule has 90 valence electrons. The van der Waals surface area contributed by atoms with Crippen LogP contribution in [0, 0.1) is 5.92 Å². The number of rotatable bonds is 0. The van der Waals surface area contributed by atoms with Crippen LogP contribution in [0.4, 0.5) is 5.69 Å². The van der Waals surface area contributed by atoms with Crippen molar-refractivity contribution in [1.82, 2.24) is 5.32 Å². The number of hydrogen-bond acceptors (Lipinski definition) is 3. The van der Waals surface area contributed by atoms with Crippen molar-refractivity contribution in [2.24, 2.45) is 5.92 Å². The van der Waals surface area contributed by atoms with Gasteiger partial charge in [-0.25, -0.2) is 0 Å². The Balaban J connectivity index is 1.80. The summed E-state index contributed by atoms with van der Waals surface area (Å²) >= 11 is 0. The van der Waals surface area contributed by atoms with Crippen LogP contribution < -0.4 is 15.4 Å². The van der Waals surface area contributed by atoms with Crippen molar-refractivity contribution in [2.45, 2.75) is 31.9 Å². The smallest absolute Gasteiger partial charge is 0.167 e. The number of fused-ring (bicyclic) bond motifs is 5. The fraction of sp³-hybridized carbons (Fsp3) is 0.571. The average molecular weight is 230 g/mol. The minimum Gasteiger partial charge on any atom is -0.469 e. The van der Waals surface area contributed by atoms with E-state index in [1.54, 1.807) is 0 Å². The monoisotopic (exact) mass is 230 g/mol. The molecule has 2 heterocycles. The third-order valence-corrected chi connectivity index (χ3v) is 4.29. The summed E-state index contributed by atoms with van der Waals surface area (Å²) in [7, 11) is 0. The SMILES string of the molecule is CC1Nc2cc3c(cc2O1)C1CNCC(C3)C1. The van der Waals surface area contributed by atoms with Crippen LogP contribution in [0.3, 0.4) is 0 Å². The molecule has 3 heteroatoms. The van der Waals surface area contributed by atoms with E-state index >= 15 is 0 Å². The maximum atomic E-state index is 5.78. The summed E-state index contributed by atoms with van der Waals surface area (Å²) in [4.78, 5) is 0. The Bertz CT molecular complexity index is 472. The highest BCUT2D eigenvalue weighted by Gasteiger charge is 2.32. The predicted octanol–water partition coefficient (Wildman–Crippen LogP) is 2.09. The van der Waals surface area contributed by atoms with E-state index in [1.807, 2.05) is 0 Å². The van der Waals surface area contributed by atoms with Gasteiger partial charge in [0.15, 0.2) is 6.23 Å². The third kappa shape index (κ3) is 1.45. The van der Waals surface area contributed by atoms with E-state index < -0.39 is 0 Å². The van der Waals surface area contributed by atoms with Gasteiger partial charge in [-0.05, 0) is 61.4 Å². The van der Waals surface area contributed by atoms with Gasteiger partial charge in [0.05, 0.1) is 5.69 Å². The summed E-state index contributed by atoms with van der Waals surface area (Å²) in [5.41, 5.74) is 4.24. The van der Waals surface area contributed by atoms with E-state index in [-0.39, 0.29) is 6.23 Å². The molecule has 1 aromatic carbocycles. The Labute approximate surface area is 102 Å². The molecular weight excluding hydrogens is 212 g/mol. The zero-order chi connectivity index (χ0) is 11.4. The van der Waals surface area contributed by atoms with E-state index in [0.717, 1.165) is 18.2 Å². The Morgan fingerprint density at radius 1 is 1.29 bits per heavy atom. The second-order valence-electron chi connectivity index (χ2n) is 5.61. The summed E-state index contributed by atoms with van der Waals surface area (Å²) in [6.45, 7) is 4.37. The highest BCUT2D eigenvalue weighted by Crippen LogP contribution is 2.43. The average Bonchev–Trinajstić information content (AvgIpc) is 2.66. The molecule has 0 aromatic heterocycles. The molecule has 2 bridgehead atoms. The maximum Gasteiger partial charge on any atom is 0.167 e. The molecule has 0 saturated carbocycles. The maximum absolute atomic E-state index is 5.78. The highest BCUT2D eigenvalue weighted by atomic mass is 16.5. The largest absolute Gasteiger partial charge is 0.469 e. The van der Waals surface area contributed by atoms with Gasteiger partial charge in [0.25, 0.3) is 0 Å². The van der Waals surface area contributed by atoms with Crippen molar-refractivity contribution in [1.29, 1.82) is 0 Å². The van der Waals surface area contributed by atoms with Crippen molar-refractivity contribution in [3.63, 3.8) is 0 Å². The van der Waals surface area contributed by atoms with Crippen molar-refractivity contribution in [3.05, 3.63) is 23.3 Å². The van der Waals surface area contributed by atoms with Gasteiger partial charge < -0.3 is 15.4 Å². The third-order valence-electron chi connectivity index (χ3n) is 4.29. The van der Waals surface area contributed by atoms with E-state index in [0.29, 0.717) is 5.92 Å². The zero-order valence-corrected chi connectivity index (χ0v) is 10.1. The summed E-state index contributed by atoms with van der Waals surface area (Å²) in [6, 6.07) is 4.59. The molecule has 2 N–H and O–H groups in total. The number of hydrogen-bond donors (Lipinski definition) is 2. The van der Waals surface area contributed by atoms with Crippen LogP contribution in [0.5, 0.6) is 5.75 Å². The van der Waals surface area contributed by atoms with Crippen molar-refractivity contribution < 1.29 is 4.74 Å². The molecule has 1 aliphatic carbocycles. The summed E-state index contributed by atoms with van der Waals surface area (Å²) in [6.07, 6.45) is 2.69. The van der Waals surface area contributed by atoms with E-state index in [1.165, 1.54) is 36.2 Å². The Hall–Kier alpha value is -1.22. The van der Waals surface area contributed by atoms with Gasteiger partial charge in [0.2, 0.25) is 0 Å². The standard InChI is InChI=1S/C14H18N2O/c1-8-16-13-4-10-2-9-3-11(7-15-6-9)12(10)5-14(13)17-8/h4-5,8-9,11,15-16H,2-3,6-7H2,1H3. The summed E-state index contributed by atoms with van der Waals surface area (Å²) in [5.74, 6) is 2.57. The van der Waals surface area contributed by atoms with Crippen LogP contribution in [0.25, 0.3) is 0 Å². The lowest BCUT2D eigenvalue weighted by Gasteiger charge is -2.36. The zero-order valence-electron chi connectivity index (χ0n) is 10.1. The van der Waals surface area contributed by atoms with Crippen LogP contribution in [-0.4, -0.2) is 19.3 Å². The number of anilines is 1. The van der Waals surface area contributed by atoms with E-state index in [2.05, 4.69) is 29.7 Å². The van der Waals surface area contributed by atoms with Crippen molar-refractivity contribution in [2.75, 3.05) is 18.4 Å². The first-order valence-corrected chi connectivity index (χ1v) is 6.60. The number of benzene rings is 1. The summed E-state index contributed by atoms with van der Waals surface area (Å²) in [5, 5.41) is 6.92. The number of nitrogens with one attached hydrogen (secondary N) is 2. The first-order chi connectivity index (χ1) is 8.29. The Morgan fingerprint density at radius 2 is 2.24 bits per heavy atom. The molecule has 1 fully saturated rings. The molecule has 0 spiro atoms. The van der Waals surface area contributed by atoms with Crippen molar-refractivity contribution in [3.8, 4) is 5.75 Å². The Morgan fingerprint density at radius 3 is 3.18 bits per heavy atom. The van der Waals surface area contributed by atoms with Crippen LogP contribution in [0.15, 0.2) is 12.1 Å². The molecule has 3 unspecified atom stereocenters. The lowest BCUT2D eigenvalue weighted by atomic mass is 9.74. The van der Waals surface area contributed by atoms with E-state index in [9.17, 15) is 0 Å². The molecule has 0 radical (unpaired) electrons. The normalized spacial score (nSPS) is 33.4. The molecule has 3 atom stereocenters. The highest BCUT2D eigenvalue weighted by molar-refractivity contribution is 5.64. The van der Waals surface area contributed by atoms with Crippen LogP contribution >= 0.6 is 0 Å². The van der Waals surface area contributed by atoms with Gasteiger partial charge in [-0.15, -0.1) is 0 Å². The molecule has 1 aromatic rings. The van der Waals surface area contributed by atoms with Gasteiger partial charge in [-0.3, -0.25) is 0 Å². The van der Waals surface area contributed by atoms with Crippen LogP contribution in [0.1, 0.15) is 30.4 Å². The fourth-order valence-electron chi connectivity index (χ4n) is 3.58.